The molecule has 0 spiro atoms. The Bertz CT molecular complexity index is 215. The summed E-state index contributed by atoms with van der Waals surface area (Å²) in [4.78, 5) is 2.14. The third-order valence-electron chi connectivity index (χ3n) is 1.92. The van der Waals surface area contributed by atoms with Gasteiger partial charge in [-0.05, 0) is 13.3 Å². The minimum Gasteiger partial charge on any atom is -0.285 e. The Kier molecular flexibility index (Phi) is 3.10. The summed E-state index contributed by atoms with van der Waals surface area (Å²) >= 11 is 3.49. The highest BCUT2D eigenvalue weighted by Gasteiger charge is 2.13. The molecule has 2 nitrogen and oxygen atoms in total. The van der Waals surface area contributed by atoms with Gasteiger partial charge in [0.15, 0.2) is 0 Å². The first-order valence-corrected chi connectivity index (χ1v) is 4.46. The van der Waals surface area contributed by atoms with Crippen LogP contribution in [-0.2, 0) is 0 Å². The summed E-state index contributed by atoms with van der Waals surface area (Å²) in [7, 11) is 0. The molecule has 1 aliphatic rings. The van der Waals surface area contributed by atoms with Crippen molar-refractivity contribution >= 4 is 15.9 Å². The Morgan fingerprint density at radius 1 is 1.73 bits per heavy atom. The average molecular weight is 215 g/mol. The van der Waals surface area contributed by atoms with E-state index in [9.17, 15) is 0 Å². The van der Waals surface area contributed by atoms with Crippen molar-refractivity contribution in [1.29, 1.82) is 5.26 Å². The molecular weight excluding hydrogens is 204 g/mol. The molecule has 1 rings (SSSR count). The summed E-state index contributed by atoms with van der Waals surface area (Å²) in [6.07, 6.45) is 1.09. The zero-order valence-electron chi connectivity index (χ0n) is 6.60. The van der Waals surface area contributed by atoms with Crippen LogP contribution in [0.3, 0.4) is 0 Å². The van der Waals surface area contributed by atoms with Crippen molar-refractivity contribution in [2.45, 2.75) is 13.3 Å². The third kappa shape index (κ3) is 2.32. The van der Waals surface area contributed by atoms with Crippen LogP contribution in [0.15, 0.2) is 10.1 Å². The number of hydrogen-bond donors (Lipinski definition) is 0. The molecule has 0 aromatic rings. The van der Waals surface area contributed by atoms with E-state index in [1.807, 2.05) is 0 Å². The largest absolute Gasteiger partial charge is 0.285 e. The van der Waals surface area contributed by atoms with Crippen molar-refractivity contribution in [2.24, 2.45) is 0 Å². The summed E-state index contributed by atoms with van der Waals surface area (Å²) in [5.74, 6) is 0. The van der Waals surface area contributed by atoms with Crippen LogP contribution < -0.4 is 0 Å². The van der Waals surface area contributed by atoms with Crippen molar-refractivity contribution in [2.75, 3.05) is 19.6 Å². The van der Waals surface area contributed by atoms with Gasteiger partial charge in [-0.25, -0.2) is 0 Å². The highest BCUT2D eigenvalue weighted by molar-refractivity contribution is 9.11. The van der Waals surface area contributed by atoms with Crippen LogP contribution in [0, 0.1) is 11.3 Å². The molecule has 0 amide bonds. The number of halogens is 1. The van der Waals surface area contributed by atoms with Gasteiger partial charge < -0.3 is 0 Å². The molecule has 0 radical (unpaired) electrons. The minimum atomic E-state index is 0.544. The van der Waals surface area contributed by atoms with Gasteiger partial charge in [-0.3, -0.25) is 4.90 Å². The fourth-order valence-electron chi connectivity index (χ4n) is 1.11. The fourth-order valence-corrected chi connectivity index (χ4v) is 1.66. The van der Waals surface area contributed by atoms with Crippen LogP contribution >= 0.6 is 15.9 Å². The quantitative estimate of drug-likeness (QED) is 0.624. The lowest BCUT2D eigenvalue weighted by atomic mass is 10.1. The molecule has 0 fully saturated rings. The first-order chi connectivity index (χ1) is 5.24. The fraction of sp³-hybridized carbons (Fsp3) is 0.625. The predicted molar refractivity (Wildman–Crippen MR) is 48.3 cm³/mol. The van der Waals surface area contributed by atoms with Crippen LogP contribution in [-0.4, -0.2) is 24.5 Å². The van der Waals surface area contributed by atoms with Crippen LogP contribution in [0.1, 0.15) is 13.3 Å². The van der Waals surface area contributed by atoms with Gasteiger partial charge in [0.2, 0.25) is 0 Å². The first-order valence-electron chi connectivity index (χ1n) is 3.67. The van der Waals surface area contributed by atoms with Crippen molar-refractivity contribution in [3.05, 3.63) is 10.1 Å². The molecule has 60 valence electrons. The van der Waals surface area contributed by atoms with E-state index in [0.29, 0.717) is 6.54 Å². The molecule has 0 saturated heterocycles. The van der Waals surface area contributed by atoms with Crippen molar-refractivity contribution in [1.82, 2.24) is 4.90 Å². The van der Waals surface area contributed by atoms with Gasteiger partial charge in [0, 0.05) is 17.6 Å². The summed E-state index contributed by atoms with van der Waals surface area (Å²) in [6.45, 7) is 4.60. The summed E-state index contributed by atoms with van der Waals surface area (Å²) in [5, 5.41) is 8.45. The standard InChI is InChI=1S/C8H11BrN2/c1-7-2-4-11(5-3-10)6-8(7)9/h2,4-6H2,1H3. The average Bonchev–Trinajstić information content (AvgIpc) is 1.98. The predicted octanol–water partition coefficient (Wildman–Crippen LogP) is 1.88. The molecule has 0 aromatic carbocycles. The lowest BCUT2D eigenvalue weighted by Crippen LogP contribution is -2.30. The SMILES string of the molecule is CC1=C(Br)CN(CC#N)CC1. The highest BCUT2D eigenvalue weighted by Crippen LogP contribution is 2.21. The van der Waals surface area contributed by atoms with Crippen LogP contribution in [0.4, 0.5) is 0 Å². The van der Waals surface area contributed by atoms with E-state index in [1.165, 1.54) is 10.1 Å². The summed E-state index contributed by atoms with van der Waals surface area (Å²) in [5.41, 5.74) is 1.42. The van der Waals surface area contributed by atoms with Crippen LogP contribution in [0.5, 0.6) is 0 Å². The van der Waals surface area contributed by atoms with Gasteiger partial charge in [-0.2, -0.15) is 5.26 Å². The van der Waals surface area contributed by atoms with E-state index in [4.69, 9.17) is 5.26 Å². The van der Waals surface area contributed by atoms with E-state index >= 15 is 0 Å². The van der Waals surface area contributed by atoms with E-state index < -0.39 is 0 Å². The maximum atomic E-state index is 8.45. The van der Waals surface area contributed by atoms with Crippen molar-refractivity contribution < 1.29 is 0 Å². The second-order valence-electron chi connectivity index (χ2n) is 2.80. The lowest BCUT2D eigenvalue weighted by Gasteiger charge is -2.24. The summed E-state index contributed by atoms with van der Waals surface area (Å²) in [6, 6.07) is 2.16. The Balaban J connectivity index is 2.52. The molecule has 0 atom stereocenters. The first kappa shape index (κ1) is 8.76. The molecule has 0 unspecified atom stereocenters. The topological polar surface area (TPSA) is 27.0 Å². The molecular formula is C8H11BrN2. The van der Waals surface area contributed by atoms with Gasteiger partial charge in [0.05, 0.1) is 12.6 Å². The molecule has 1 aliphatic heterocycles. The van der Waals surface area contributed by atoms with Crippen LogP contribution in [0.25, 0.3) is 0 Å². The number of rotatable bonds is 1. The zero-order valence-corrected chi connectivity index (χ0v) is 8.19. The van der Waals surface area contributed by atoms with Crippen molar-refractivity contribution in [3.63, 3.8) is 0 Å². The Hall–Kier alpha value is -0.330. The van der Waals surface area contributed by atoms with Gasteiger partial charge in [-0.15, -0.1) is 0 Å². The monoisotopic (exact) mass is 214 g/mol. The van der Waals surface area contributed by atoms with E-state index in [2.05, 4.69) is 33.8 Å². The van der Waals surface area contributed by atoms with Gasteiger partial charge in [-0.1, -0.05) is 21.5 Å². The molecule has 0 saturated carbocycles. The molecule has 3 heteroatoms. The number of nitrogens with zero attached hydrogens (tertiary/aromatic N) is 2. The van der Waals surface area contributed by atoms with Gasteiger partial charge >= 0.3 is 0 Å². The molecule has 0 N–H and O–H groups in total. The molecule has 1 heterocycles. The lowest BCUT2D eigenvalue weighted by molar-refractivity contribution is 0.326. The molecule has 0 bridgehead atoms. The normalized spacial score (nSPS) is 20.1. The van der Waals surface area contributed by atoms with Crippen LogP contribution in [0.2, 0.25) is 0 Å². The van der Waals surface area contributed by atoms with E-state index in [1.54, 1.807) is 0 Å². The minimum absolute atomic E-state index is 0.544. The molecule has 0 aliphatic carbocycles. The highest BCUT2D eigenvalue weighted by atomic mass is 79.9. The van der Waals surface area contributed by atoms with Crippen molar-refractivity contribution in [3.8, 4) is 6.07 Å². The number of hydrogen-bond acceptors (Lipinski definition) is 2. The summed E-state index contributed by atoms with van der Waals surface area (Å²) < 4.78 is 1.25. The molecule has 11 heavy (non-hydrogen) atoms. The Labute approximate surface area is 75.6 Å². The Morgan fingerprint density at radius 3 is 3.00 bits per heavy atom. The maximum absolute atomic E-state index is 8.45. The van der Waals surface area contributed by atoms with Gasteiger partial charge in [0.25, 0.3) is 0 Å². The van der Waals surface area contributed by atoms with E-state index in [0.717, 1.165) is 19.5 Å². The second kappa shape index (κ2) is 3.89. The molecule has 0 aromatic heterocycles. The Morgan fingerprint density at radius 2 is 2.45 bits per heavy atom. The van der Waals surface area contributed by atoms with Gasteiger partial charge in [0.1, 0.15) is 0 Å². The maximum Gasteiger partial charge on any atom is 0.0869 e. The smallest absolute Gasteiger partial charge is 0.0869 e. The van der Waals surface area contributed by atoms with E-state index in [-0.39, 0.29) is 0 Å². The number of nitriles is 1. The zero-order chi connectivity index (χ0) is 8.27. The second-order valence-corrected chi connectivity index (χ2v) is 3.76. The third-order valence-corrected chi connectivity index (χ3v) is 2.85.